The van der Waals surface area contributed by atoms with E-state index in [1.807, 2.05) is 26.8 Å². The number of carbonyl (C=O) groups excluding carboxylic acids is 1. The van der Waals surface area contributed by atoms with Crippen molar-refractivity contribution in [3.8, 4) is 0 Å². The molecule has 1 aromatic rings. The van der Waals surface area contributed by atoms with E-state index in [1.54, 1.807) is 11.9 Å². The Bertz CT molecular complexity index is 388. The molecule has 0 saturated carbocycles. The quantitative estimate of drug-likeness (QED) is 0.837. The Morgan fingerprint density at radius 2 is 2.11 bits per heavy atom. The standard InChI is InChI=1S/C13H23N3O2/c1-5-13(6-2,9-14)12(17)16(4)8-11-7-10(3)18-15-11/h7H,5-6,8-9,14H2,1-4H3. The number of amides is 1. The van der Waals surface area contributed by atoms with E-state index < -0.39 is 5.41 Å². The molecule has 0 aromatic carbocycles. The average molecular weight is 253 g/mol. The van der Waals surface area contributed by atoms with Crippen LogP contribution < -0.4 is 5.73 Å². The third-order valence-electron chi connectivity index (χ3n) is 3.62. The molecule has 18 heavy (non-hydrogen) atoms. The van der Waals surface area contributed by atoms with Crippen LogP contribution in [-0.4, -0.2) is 29.6 Å². The molecule has 102 valence electrons. The smallest absolute Gasteiger partial charge is 0.230 e. The largest absolute Gasteiger partial charge is 0.361 e. The highest BCUT2D eigenvalue weighted by Crippen LogP contribution is 2.27. The molecular formula is C13H23N3O2. The Labute approximate surface area is 108 Å². The lowest BCUT2D eigenvalue weighted by molar-refractivity contribution is -0.141. The maximum absolute atomic E-state index is 12.5. The summed E-state index contributed by atoms with van der Waals surface area (Å²) in [6.45, 7) is 6.67. The zero-order chi connectivity index (χ0) is 13.8. The molecule has 0 aliphatic carbocycles. The summed E-state index contributed by atoms with van der Waals surface area (Å²) in [6.07, 6.45) is 1.50. The highest BCUT2D eigenvalue weighted by Gasteiger charge is 2.35. The molecule has 0 aliphatic rings. The second kappa shape index (κ2) is 6.00. The van der Waals surface area contributed by atoms with Crippen molar-refractivity contribution in [3.63, 3.8) is 0 Å². The molecule has 0 radical (unpaired) electrons. The fraction of sp³-hybridized carbons (Fsp3) is 0.692. The van der Waals surface area contributed by atoms with Crippen molar-refractivity contribution in [1.82, 2.24) is 10.1 Å². The number of nitrogens with two attached hydrogens (primary N) is 1. The summed E-state index contributed by atoms with van der Waals surface area (Å²) in [6, 6.07) is 1.84. The zero-order valence-electron chi connectivity index (χ0n) is 11.7. The minimum absolute atomic E-state index is 0.0793. The van der Waals surface area contributed by atoms with Crippen molar-refractivity contribution in [2.45, 2.75) is 40.2 Å². The minimum Gasteiger partial charge on any atom is -0.361 e. The van der Waals surface area contributed by atoms with Crippen LogP contribution >= 0.6 is 0 Å². The zero-order valence-corrected chi connectivity index (χ0v) is 11.7. The lowest BCUT2D eigenvalue weighted by atomic mass is 9.81. The molecule has 1 heterocycles. The number of hydrogen-bond donors (Lipinski definition) is 1. The number of aromatic nitrogens is 1. The molecule has 0 saturated heterocycles. The number of rotatable bonds is 6. The molecule has 5 heteroatoms. The first-order valence-electron chi connectivity index (χ1n) is 6.37. The third kappa shape index (κ3) is 2.90. The van der Waals surface area contributed by atoms with Crippen LogP contribution in [0.4, 0.5) is 0 Å². The molecule has 2 N–H and O–H groups in total. The normalized spacial score (nSPS) is 11.6. The average Bonchev–Trinajstić information content (AvgIpc) is 2.77. The van der Waals surface area contributed by atoms with Crippen molar-refractivity contribution in [2.75, 3.05) is 13.6 Å². The minimum atomic E-state index is -0.451. The van der Waals surface area contributed by atoms with Gasteiger partial charge in [-0.15, -0.1) is 0 Å². The van der Waals surface area contributed by atoms with Crippen molar-refractivity contribution in [3.05, 3.63) is 17.5 Å². The van der Waals surface area contributed by atoms with E-state index in [1.165, 1.54) is 0 Å². The van der Waals surface area contributed by atoms with E-state index in [0.717, 1.165) is 24.3 Å². The second-order valence-corrected chi connectivity index (χ2v) is 4.78. The van der Waals surface area contributed by atoms with Gasteiger partial charge in [0.15, 0.2) is 0 Å². The van der Waals surface area contributed by atoms with Gasteiger partial charge in [0.2, 0.25) is 5.91 Å². The molecular weight excluding hydrogens is 230 g/mol. The van der Waals surface area contributed by atoms with Crippen molar-refractivity contribution >= 4 is 5.91 Å². The summed E-state index contributed by atoms with van der Waals surface area (Å²) in [5, 5.41) is 3.90. The monoisotopic (exact) mass is 253 g/mol. The fourth-order valence-corrected chi connectivity index (χ4v) is 2.14. The molecule has 0 atom stereocenters. The summed E-state index contributed by atoms with van der Waals surface area (Å²) in [4.78, 5) is 14.1. The maximum atomic E-state index is 12.5. The van der Waals surface area contributed by atoms with Gasteiger partial charge in [0.05, 0.1) is 12.0 Å². The molecule has 0 aliphatic heterocycles. The van der Waals surface area contributed by atoms with E-state index >= 15 is 0 Å². The van der Waals surface area contributed by atoms with Crippen molar-refractivity contribution in [2.24, 2.45) is 11.1 Å². The van der Waals surface area contributed by atoms with Crippen LogP contribution in [0.25, 0.3) is 0 Å². The fourth-order valence-electron chi connectivity index (χ4n) is 2.14. The van der Waals surface area contributed by atoms with Gasteiger partial charge in [-0.05, 0) is 19.8 Å². The third-order valence-corrected chi connectivity index (χ3v) is 3.62. The van der Waals surface area contributed by atoms with Crippen LogP contribution in [0.2, 0.25) is 0 Å². The first-order chi connectivity index (χ1) is 8.49. The Balaban J connectivity index is 2.76. The number of aryl methyl sites for hydroxylation is 1. The van der Waals surface area contributed by atoms with Crippen LogP contribution in [0, 0.1) is 12.3 Å². The summed E-state index contributed by atoms with van der Waals surface area (Å²) < 4.78 is 5.00. The lowest BCUT2D eigenvalue weighted by Gasteiger charge is -2.32. The van der Waals surface area contributed by atoms with Crippen LogP contribution in [0.1, 0.15) is 38.1 Å². The van der Waals surface area contributed by atoms with Gasteiger partial charge in [-0.1, -0.05) is 19.0 Å². The maximum Gasteiger partial charge on any atom is 0.230 e. The van der Waals surface area contributed by atoms with Crippen LogP contribution in [0.15, 0.2) is 10.6 Å². The topological polar surface area (TPSA) is 72.4 Å². The van der Waals surface area contributed by atoms with Crippen molar-refractivity contribution < 1.29 is 9.32 Å². The van der Waals surface area contributed by atoms with Gasteiger partial charge in [-0.3, -0.25) is 4.79 Å². The highest BCUT2D eigenvalue weighted by molar-refractivity contribution is 5.82. The van der Waals surface area contributed by atoms with E-state index in [-0.39, 0.29) is 5.91 Å². The lowest BCUT2D eigenvalue weighted by Crippen LogP contribution is -2.45. The molecule has 0 spiro atoms. The van der Waals surface area contributed by atoms with Gasteiger partial charge in [0, 0.05) is 19.7 Å². The number of hydrogen-bond acceptors (Lipinski definition) is 4. The summed E-state index contributed by atoms with van der Waals surface area (Å²) in [5.41, 5.74) is 6.10. The van der Waals surface area contributed by atoms with E-state index in [2.05, 4.69) is 5.16 Å². The Kier molecular flexibility index (Phi) is 4.90. The summed E-state index contributed by atoms with van der Waals surface area (Å²) in [7, 11) is 1.78. The van der Waals surface area contributed by atoms with E-state index in [4.69, 9.17) is 10.3 Å². The molecule has 0 bridgehead atoms. The van der Waals surface area contributed by atoms with E-state index in [9.17, 15) is 4.79 Å². The summed E-state index contributed by atoms with van der Waals surface area (Å²) >= 11 is 0. The van der Waals surface area contributed by atoms with Gasteiger partial charge < -0.3 is 15.2 Å². The number of carbonyl (C=O) groups is 1. The van der Waals surface area contributed by atoms with Gasteiger partial charge in [-0.2, -0.15) is 0 Å². The number of nitrogens with zero attached hydrogens (tertiary/aromatic N) is 2. The molecule has 5 nitrogen and oxygen atoms in total. The summed E-state index contributed by atoms with van der Waals surface area (Å²) in [5.74, 6) is 0.831. The molecule has 0 unspecified atom stereocenters. The first kappa shape index (κ1) is 14.7. The Hall–Kier alpha value is -1.36. The first-order valence-corrected chi connectivity index (χ1v) is 6.37. The van der Waals surface area contributed by atoms with Gasteiger partial charge in [0.25, 0.3) is 0 Å². The van der Waals surface area contributed by atoms with Gasteiger partial charge >= 0.3 is 0 Å². The molecule has 1 rings (SSSR count). The van der Waals surface area contributed by atoms with Crippen molar-refractivity contribution in [1.29, 1.82) is 0 Å². The highest BCUT2D eigenvalue weighted by atomic mass is 16.5. The van der Waals surface area contributed by atoms with Crippen LogP contribution in [-0.2, 0) is 11.3 Å². The Morgan fingerprint density at radius 1 is 1.50 bits per heavy atom. The van der Waals surface area contributed by atoms with Crippen LogP contribution in [0.3, 0.4) is 0 Å². The van der Waals surface area contributed by atoms with Gasteiger partial charge in [0.1, 0.15) is 11.5 Å². The van der Waals surface area contributed by atoms with E-state index in [0.29, 0.717) is 13.1 Å². The van der Waals surface area contributed by atoms with Crippen LogP contribution in [0.5, 0.6) is 0 Å². The Morgan fingerprint density at radius 3 is 2.50 bits per heavy atom. The van der Waals surface area contributed by atoms with Gasteiger partial charge in [-0.25, -0.2) is 0 Å². The second-order valence-electron chi connectivity index (χ2n) is 4.78. The SMILES string of the molecule is CCC(CC)(CN)C(=O)N(C)Cc1cc(C)on1. The molecule has 0 fully saturated rings. The molecule has 1 aromatic heterocycles. The molecule has 1 amide bonds. The predicted molar refractivity (Wildman–Crippen MR) is 69.8 cm³/mol. The predicted octanol–water partition coefficient (Wildman–Crippen LogP) is 1.71.